The van der Waals surface area contributed by atoms with Crippen LogP contribution in [0.3, 0.4) is 0 Å². The molecule has 0 heterocycles. The number of rotatable bonds is 3. The highest BCUT2D eigenvalue weighted by Crippen LogP contribution is 2.17. The van der Waals surface area contributed by atoms with Gasteiger partial charge in [-0.15, -0.1) is 0 Å². The Morgan fingerprint density at radius 3 is 2.29 bits per heavy atom. The number of aryl methyl sites for hydroxylation is 1. The van der Waals surface area contributed by atoms with Crippen LogP contribution in [0.4, 0.5) is 11.4 Å². The summed E-state index contributed by atoms with van der Waals surface area (Å²) in [5.41, 5.74) is 7.88. The average Bonchev–Trinajstić information content (AvgIpc) is 2.41. The van der Waals surface area contributed by atoms with E-state index in [1.54, 1.807) is 12.1 Å². The number of nitrogen functional groups attached to an aromatic ring is 1. The zero-order valence-corrected chi connectivity index (χ0v) is 12.1. The van der Waals surface area contributed by atoms with Crippen LogP contribution in [-0.4, -0.2) is 14.3 Å². The van der Waals surface area contributed by atoms with Crippen LogP contribution in [0.5, 0.6) is 0 Å². The lowest BCUT2D eigenvalue weighted by atomic mass is 10.1. The van der Waals surface area contributed by atoms with Gasteiger partial charge < -0.3 is 11.1 Å². The molecule has 0 aliphatic heterocycles. The van der Waals surface area contributed by atoms with E-state index in [1.165, 1.54) is 24.3 Å². The van der Waals surface area contributed by atoms with Gasteiger partial charge in [-0.3, -0.25) is 4.79 Å². The number of nitrogens with two attached hydrogens (primary N) is 2. The first kappa shape index (κ1) is 15.0. The highest BCUT2D eigenvalue weighted by molar-refractivity contribution is 7.89. The van der Waals surface area contributed by atoms with Crippen molar-refractivity contribution in [3.63, 3.8) is 0 Å². The summed E-state index contributed by atoms with van der Waals surface area (Å²) in [5.74, 6) is -0.362. The molecule has 0 aromatic heterocycles. The number of anilines is 2. The quantitative estimate of drug-likeness (QED) is 0.745. The summed E-state index contributed by atoms with van der Waals surface area (Å²) < 4.78 is 22.3. The van der Waals surface area contributed by atoms with Crippen LogP contribution in [0.25, 0.3) is 0 Å². The van der Waals surface area contributed by atoms with Crippen LogP contribution in [0.1, 0.15) is 15.9 Å². The van der Waals surface area contributed by atoms with E-state index >= 15 is 0 Å². The van der Waals surface area contributed by atoms with Crippen molar-refractivity contribution in [1.82, 2.24) is 0 Å². The average molecular weight is 305 g/mol. The maximum Gasteiger partial charge on any atom is 0.257 e. The number of primary sulfonamides is 1. The molecular weight excluding hydrogens is 290 g/mol. The van der Waals surface area contributed by atoms with Crippen molar-refractivity contribution < 1.29 is 13.2 Å². The van der Waals surface area contributed by atoms with Crippen molar-refractivity contribution >= 4 is 27.3 Å². The molecule has 1 amide bonds. The van der Waals surface area contributed by atoms with Gasteiger partial charge in [0.1, 0.15) is 0 Å². The summed E-state index contributed by atoms with van der Waals surface area (Å²) in [6.45, 7) is 1.86. The Morgan fingerprint density at radius 1 is 1.10 bits per heavy atom. The van der Waals surface area contributed by atoms with Gasteiger partial charge in [0, 0.05) is 11.4 Å². The van der Waals surface area contributed by atoms with Gasteiger partial charge in [0.25, 0.3) is 5.91 Å². The van der Waals surface area contributed by atoms with E-state index in [1.807, 2.05) is 13.0 Å². The van der Waals surface area contributed by atoms with Crippen molar-refractivity contribution in [3.8, 4) is 0 Å². The molecule has 0 bridgehead atoms. The topological polar surface area (TPSA) is 115 Å². The van der Waals surface area contributed by atoms with Gasteiger partial charge in [-0.2, -0.15) is 0 Å². The zero-order valence-electron chi connectivity index (χ0n) is 11.3. The van der Waals surface area contributed by atoms with Crippen LogP contribution in [0.2, 0.25) is 0 Å². The summed E-state index contributed by atoms with van der Waals surface area (Å²) >= 11 is 0. The highest BCUT2D eigenvalue weighted by atomic mass is 32.2. The number of carbonyl (C=O) groups excluding carboxylic acids is 1. The van der Waals surface area contributed by atoms with Crippen molar-refractivity contribution in [1.29, 1.82) is 0 Å². The van der Waals surface area contributed by atoms with E-state index < -0.39 is 10.0 Å². The van der Waals surface area contributed by atoms with Crippen molar-refractivity contribution in [2.45, 2.75) is 11.8 Å². The third-order valence-corrected chi connectivity index (χ3v) is 3.82. The lowest BCUT2D eigenvalue weighted by Crippen LogP contribution is -2.15. The summed E-state index contributed by atoms with van der Waals surface area (Å²) in [5, 5.41) is 7.65. The lowest BCUT2D eigenvalue weighted by Gasteiger charge is -2.09. The second kappa shape index (κ2) is 5.55. The van der Waals surface area contributed by atoms with E-state index in [2.05, 4.69) is 5.32 Å². The number of hydrogen-bond acceptors (Lipinski definition) is 4. The second-order valence-corrected chi connectivity index (χ2v) is 6.18. The van der Waals surface area contributed by atoms with Gasteiger partial charge >= 0.3 is 0 Å². The van der Waals surface area contributed by atoms with E-state index in [9.17, 15) is 13.2 Å². The van der Waals surface area contributed by atoms with Crippen LogP contribution >= 0.6 is 0 Å². The molecule has 2 rings (SSSR count). The molecule has 0 spiro atoms. The molecule has 6 nitrogen and oxygen atoms in total. The molecule has 0 saturated heterocycles. The van der Waals surface area contributed by atoms with E-state index in [0.29, 0.717) is 16.9 Å². The molecule has 0 saturated carbocycles. The molecule has 5 N–H and O–H groups in total. The maximum atomic E-state index is 12.1. The van der Waals surface area contributed by atoms with Gasteiger partial charge in [-0.05, 0) is 43.3 Å². The van der Waals surface area contributed by atoms with E-state index in [-0.39, 0.29) is 10.8 Å². The molecule has 21 heavy (non-hydrogen) atoms. The molecule has 2 aromatic carbocycles. The molecule has 2 aromatic rings. The molecule has 0 aliphatic rings. The Hall–Kier alpha value is -2.38. The highest BCUT2D eigenvalue weighted by Gasteiger charge is 2.11. The van der Waals surface area contributed by atoms with Crippen LogP contribution < -0.4 is 16.2 Å². The maximum absolute atomic E-state index is 12.1. The molecule has 110 valence electrons. The van der Waals surface area contributed by atoms with Crippen molar-refractivity contribution in [2.24, 2.45) is 5.14 Å². The molecule has 7 heteroatoms. The Morgan fingerprint density at radius 2 is 1.71 bits per heavy atom. The Kier molecular flexibility index (Phi) is 3.97. The second-order valence-electron chi connectivity index (χ2n) is 4.61. The molecule has 0 unspecified atom stereocenters. The number of hydrogen-bond donors (Lipinski definition) is 3. The molecule has 0 radical (unpaired) electrons. The number of amides is 1. The van der Waals surface area contributed by atoms with Crippen molar-refractivity contribution in [3.05, 3.63) is 53.6 Å². The molecule has 0 fully saturated rings. The van der Waals surface area contributed by atoms with Gasteiger partial charge in [-0.25, -0.2) is 13.6 Å². The Balaban J connectivity index is 2.22. The summed E-state index contributed by atoms with van der Waals surface area (Å²) in [4.78, 5) is 12.1. The SMILES string of the molecule is Cc1ccc(N)c(C(=O)Nc2ccc(S(N)(=O)=O)cc2)c1. The van der Waals surface area contributed by atoms with Crippen LogP contribution in [0, 0.1) is 6.92 Å². The Labute approximate surface area is 122 Å². The summed E-state index contributed by atoms with van der Waals surface area (Å²) in [7, 11) is -3.75. The normalized spacial score (nSPS) is 11.1. The van der Waals surface area contributed by atoms with E-state index in [4.69, 9.17) is 10.9 Å². The monoisotopic (exact) mass is 305 g/mol. The first-order valence-corrected chi connectivity index (χ1v) is 7.62. The fourth-order valence-electron chi connectivity index (χ4n) is 1.79. The minimum absolute atomic E-state index is 0.0180. The third kappa shape index (κ3) is 3.59. The first-order valence-electron chi connectivity index (χ1n) is 6.08. The number of carbonyl (C=O) groups is 1. The third-order valence-electron chi connectivity index (χ3n) is 2.89. The zero-order chi connectivity index (χ0) is 15.6. The predicted molar refractivity (Wildman–Crippen MR) is 81.4 cm³/mol. The molecule has 0 aliphatic carbocycles. The molecule has 0 atom stereocenters. The van der Waals surface area contributed by atoms with Gasteiger partial charge in [0.15, 0.2) is 0 Å². The van der Waals surface area contributed by atoms with Gasteiger partial charge in [0.05, 0.1) is 10.5 Å². The fraction of sp³-hybridized carbons (Fsp3) is 0.0714. The first-order chi connectivity index (χ1) is 9.77. The minimum atomic E-state index is -3.75. The van der Waals surface area contributed by atoms with E-state index in [0.717, 1.165) is 5.56 Å². The van der Waals surface area contributed by atoms with Crippen LogP contribution in [-0.2, 0) is 10.0 Å². The number of benzene rings is 2. The van der Waals surface area contributed by atoms with Gasteiger partial charge in [-0.1, -0.05) is 11.6 Å². The van der Waals surface area contributed by atoms with Crippen LogP contribution in [0.15, 0.2) is 47.4 Å². The fourth-order valence-corrected chi connectivity index (χ4v) is 2.31. The smallest absolute Gasteiger partial charge is 0.257 e. The predicted octanol–water partition coefficient (Wildman–Crippen LogP) is 1.48. The summed E-state index contributed by atoms with van der Waals surface area (Å²) in [6, 6.07) is 10.7. The lowest BCUT2D eigenvalue weighted by molar-refractivity contribution is 0.102. The standard InChI is InChI=1S/C14H15N3O3S/c1-9-2-7-13(15)12(8-9)14(18)17-10-3-5-11(6-4-10)21(16,19)20/h2-8H,15H2,1H3,(H,17,18)(H2,16,19,20). The number of nitrogens with one attached hydrogen (secondary N) is 1. The van der Waals surface area contributed by atoms with Crippen molar-refractivity contribution in [2.75, 3.05) is 11.1 Å². The summed E-state index contributed by atoms with van der Waals surface area (Å²) in [6.07, 6.45) is 0. The minimum Gasteiger partial charge on any atom is -0.398 e. The Bertz CT molecular complexity index is 784. The largest absolute Gasteiger partial charge is 0.398 e. The molecular formula is C14H15N3O3S. The number of sulfonamides is 1. The van der Waals surface area contributed by atoms with Gasteiger partial charge in [0.2, 0.25) is 10.0 Å².